The fourth-order valence-electron chi connectivity index (χ4n) is 0.850. The molecule has 0 bridgehead atoms. The van der Waals surface area contributed by atoms with Crippen molar-refractivity contribution in [3.05, 3.63) is 36.0 Å². The van der Waals surface area contributed by atoms with Gasteiger partial charge in [0.15, 0.2) is 0 Å². The fourth-order valence-corrected chi connectivity index (χ4v) is 0.850. The second-order valence-corrected chi connectivity index (χ2v) is 2.27. The molecule has 0 aliphatic rings. The molecule has 66 valence electrons. The third-order valence-corrected chi connectivity index (χ3v) is 1.42. The van der Waals surface area contributed by atoms with Crippen LogP contribution in [0.4, 0.5) is 0 Å². The lowest BCUT2D eigenvalue weighted by molar-refractivity contribution is -0.117. The highest BCUT2D eigenvalue weighted by Crippen LogP contribution is 2.06. The quantitative estimate of drug-likeness (QED) is 0.216. The number of carbonyl (C=O) groups is 1. The molecule has 0 radical (unpaired) electrons. The average molecular weight is 166 g/mol. The summed E-state index contributed by atoms with van der Waals surface area (Å²) in [6.07, 6.45) is 5.16. The first-order chi connectivity index (χ1) is 5.67. The van der Waals surface area contributed by atoms with Crippen LogP contribution >= 0.6 is 0 Å². The Bertz CT molecular complexity index is 239. The number of nitrogens with one attached hydrogen (secondary N) is 1. The summed E-state index contributed by atoms with van der Waals surface area (Å²) in [6.45, 7) is 7.23. The van der Waals surface area contributed by atoms with Crippen molar-refractivity contribution >= 4 is 5.91 Å². The molecule has 0 saturated heterocycles. The van der Waals surface area contributed by atoms with Crippen LogP contribution in [0.15, 0.2) is 36.0 Å². The fraction of sp³-hybridized carbons (Fsp3) is 0.222. The van der Waals surface area contributed by atoms with Gasteiger partial charge < -0.3 is 0 Å². The van der Waals surface area contributed by atoms with E-state index in [1.165, 1.54) is 6.08 Å². The van der Waals surface area contributed by atoms with Gasteiger partial charge in [0.05, 0.1) is 0 Å². The number of hydrogen-bond donors (Lipinski definition) is 2. The molecule has 0 heterocycles. The summed E-state index contributed by atoms with van der Waals surface area (Å²) in [6, 6.07) is 0. The Kier molecular flexibility index (Phi) is 4.72. The molecule has 0 aliphatic heterocycles. The molecule has 1 amide bonds. The summed E-state index contributed by atoms with van der Waals surface area (Å²) in [5, 5.41) is 0. The highest BCUT2D eigenvalue weighted by Gasteiger charge is 2.04. The highest BCUT2D eigenvalue weighted by molar-refractivity contribution is 5.96. The first-order valence-corrected chi connectivity index (χ1v) is 3.64. The zero-order valence-corrected chi connectivity index (χ0v) is 7.42. The van der Waals surface area contributed by atoms with Crippen molar-refractivity contribution < 1.29 is 4.79 Å². The Morgan fingerprint density at radius 3 is 2.50 bits per heavy atom. The SMILES string of the molecule is C=CC(C(=O)NN)=C(C)/C=C\C. The Morgan fingerprint density at radius 1 is 1.58 bits per heavy atom. The van der Waals surface area contributed by atoms with E-state index in [4.69, 9.17) is 5.84 Å². The molecular weight excluding hydrogens is 152 g/mol. The number of carbonyl (C=O) groups excluding carboxylic acids is 1. The molecule has 0 rings (SSSR count). The van der Waals surface area contributed by atoms with Gasteiger partial charge in [-0.3, -0.25) is 10.2 Å². The standard InChI is InChI=1S/C9H14N2O/c1-4-6-7(3)8(5-2)9(12)11-10/h4-6H,2,10H2,1,3H3,(H,11,12)/b6-4-,8-7?. The van der Waals surface area contributed by atoms with E-state index < -0.39 is 0 Å². The van der Waals surface area contributed by atoms with Gasteiger partial charge >= 0.3 is 0 Å². The lowest BCUT2D eigenvalue weighted by atomic mass is 10.1. The Hall–Kier alpha value is -1.35. The van der Waals surface area contributed by atoms with Crippen LogP contribution in [0, 0.1) is 0 Å². The van der Waals surface area contributed by atoms with Crippen molar-refractivity contribution in [1.29, 1.82) is 0 Å². The third kappa shape index (κ3) is 2.72. The van der Waals surface area contributed by atoms with Crippen molar-refractivity contribution in [3.8, 4) is 0 Å². The molecule has 0 unspecified atom stereocenters. The summed E-state index contributed by atoms with van der Waals surface area (Å²) < 4.78 is 0. The van der Waals surface area contributed by atoms with E-state index in [1.807, 2.05) is 26.0 Å². The molecule has 3 heteroatoms. The first-order valence-electron chi connectivity index (χ1n) is 3.64. The lowest BCUT2D eigenvalue weighted by Gasteiger charge is -2.02. The van der Waals surface area contributed by atoms with Gasteiger partial charge in [-0.25, -0.2) is 5.84 Å². The second-order valence-electron chi connectivity index (χ2n) is 2.27. The van der Waals surface area contributed by atoms with Crippen molar-refractivity contribution in [2.45, 2.75) is 13.8 Å². The van der Waals surface area contributed by atoms with Crippen LogP contribution in [0.1, 0.15) is 13.8 Å². The maximum atomic E-state index is 11.1. The summed E-state index contributed by atoms with van der Waals surface area (Å²) in [5.74, 6) is 4.66. The highest BCUT2D eigenvalue weighted by atomic mass is 16.2. The summed E-state index contributed by atoms with van der Waals surface area (Å²) in [7, 11) is 0. The minimum atomic E-state index is -0.319. The molecule has 3 nitrogen and oxygen atoms in total. The van der Waals surface area contributed by atoms with Crippen LogP contribution in [0.25, 0.3) is 0 Å². The number of rotatable bonds is 3. The van der Waals surface area contributed by atoms with E-state index >= 15 is 0 Å². The summed E-state index contributed by atoms with van der Waals surface area (Å²) in [4.78, 5) is 11.1. The molecule has 0 atom stereocenters. The zero-order chi connectivity index (χ0) is 9.56. The van der Waals surface area contributed by atoms with Crippen molar-refractivity contribution in [2.75, 3.05) is 0 Å². The van der Waals surface area contributed by atoms with E-state index in [0.29, 0.717) is 5.57 Å². The number of amides is 1. The molecule has 0 saturated carbocycles. The largest absolute Gasteiger partial charge is 0.290 e. The van der Waals surface area contributed by atoms with Gasteiger partial charge in [0.25, 0.3) is 5.91 Å². The number of nitrogens with two attached hydrogens (primary N) is 1. The van der Waals surface area contributed by atoms with Crippen LogP contribution in [0.2, 0.25) is 0 Å². The molecule has 0 spiro atoms. The molecule has 0 aromatic rings. The number of allylic oxidation sites excluding steroid dienone is 3. The lowest BCUT2D eigenvalue weighted by Crippen LogP contribution is -2.31. The zero-order valence-electron chi connectivity index (χ0n) is 7.42. The Balaban J connectivity index is 4.85. The molecule has 12 heavy (non-hydrogen) atoms. The molecule has 0 fully saturated rings. The minimum absolute atomic E-state index is 0.319. The summed E-state index contributed by atoms with van der Waals surface area (Å²) in [5.41, 5.74) is 3.39. The van der Waals surface area contributed by atoms with Crippen LogP contribution in [0.3, 0.4) is 0 Å². The predicted octanol–water partition coefficient (Wildman–Crippen LogP) is 1.05. The summed E-state index contributed by atoms with van der Waals surface area (Å²) >= 11 is 0. The van der Waals surface area contributed by atoms with Gasteiger partial charge in [-0.2, -0.15) is 0 Å². The van der Waals surface area contributed by atoms with Gasteiger partial charge in [-0.05, 0) is 19.4 Å². The van der Waals surface area contributed by atoms with Crippen molar-refractivity contribution in [1.82, 2.24) is 5.43 Å². The van der Waals surface area contributed by atoms with Crippen molar-refractivity contribution in [3.63, 3.8) is 0 Å². The maximum absolute atomic E-state index is 11.1. The number of hydrogen-bond acceptors (Lipinski definition) is 2. The maximum Gasteiger partial charge on any atom is 0.265 e. The van der Waals surface area contributed by atoms with Crippen LogP contribution in [-0.2, 0) is 4.79 Å². The van der Waals surface area contributed by atoms with Gasteiger partial charge in [0, 0.05) is 5.57 Å². The third-order valence-electron chi connectivity index (χ3n) is 1.42. The number of hydrazine groups is 1. The van der Waals surface area contributed by atoms with Crippen molar-refractivity contribution in [2.24, 2.45) is 5.84 Å². The van der Waals surface area contributed by atoms with Gasteiger partial charge in [0.2, 0.25) is 0 Å². The molecule has 0 aromatic heterocycles. The van der Waals surface area contributed by atoms with E-state index in [2.05, 4.69) is 12.0 Å². The van der Waals surface area contributed by atoms with Crippen LogP contribution in [0.5, 0.6) is 0 Å². The van der Waals surface area contributed by atoms with Crippen LogP contribution < -0.4 is 11.3 Å². The van der Waals surface area contributed by atoms with Gasteiger partial charge in [0.1, 0.15) is 0 Å². The second kappa shape index (κ2) is 5.32. The monoisotopic (exact) mass is 166 g/mol. The Labute approximate surface area is 72.6 Å². The normalized spacial score (nSPS) is 12.6. The predicted molar refractivity (Wildman–Crippen MR) is 50.0 cm³/mol. The van der Waals surface area contributed by atoms with E-state index in [0.717, 1.165) is 5.57 Å². The molecule has 0 aromatic carbocycles. The molecule has 3 N–H and O–H groups in total. The Morgan fingerprint density at radius 2 is 2.17 bits per heavy atom. The smallest absolute Gasteiger partial charge is 0.265 e. The van der Waals surface area contributed by atoms with Crippen LogP contribution in [-0.4, -0.2) is 5.91 Å². The molecule has 0 aliphatic carbocycles. The van der Waals surface area contributed by atoms with E-state index in [-0.39, 0.29) is 5.91 Å². The molecular formula is C9H14N2O. The average Bonchev–Trinajstić information content (AvgIpc) is 2.06. The van der Waals surface area contributed by atoms with E-state index in [1.54, 1.807) is 0 Å². The van der Waals surface area contributed by atoms with E-state index in [9.17, 15) is 4.79 Å². The first kappa shape index (κ1) is 10.7. The van der Waals surface area contributed by atoms with Gasteiger partial charge in [-0.1, -0.05) is 24.8 Å². The topological polar surface area (TPSA) is 55.1 Å². The minimum Gasteiger partial charge on any atom is -0.290 e. The van der Waals surface area contributed by atoms with Gasteiger partial charge in [-0.15, -0.1) is 0 Å².